The predicted molar refractivity (Wildman–Crippen MR) is 97.6 cm³/mol. The smallest absolute Gasteiger partial charge is 0.254 e. The van der Waals surface area contributed by atoms with Gasteiger partial charge in [0.2, 0.25) is 5.56 Å². The van der Waals surface area contributed by atoms with Crippen molar-refractivity contribution in [3.63, 3.8) is 0 Å². The normalized spacial score (nSPS) is 14.0. The number of fused-ring (bicyclic) bond motifs is 1. The number of aryl methyl sites for hydroxylation is 1. The highest BCUT2D eigenvalue weighted by molar-refractivity contribution is 5.94. The zero-order valence-corrected chi connectivity index (χ0v) is 14.2. The van der Waals surface area contributed by atoms with Crippen molar-refractivity contribution in [1.82, 2.24) is 14.9 Å². The largest absolute Gasteiger partial charge is 0.361 e. The number of pyridine rings is 1. The van der Waals surface area contributed by atoms with Gasteiger partial charge in [-0.25, -0.2) is 0 Å². The number of hydrogen-bond donors (Lipinski definition) is 2. The lowest BCUT2D eigenvalue weighted by atomic mass is 10.1. The van der Waals surface area contributed by atoms with E-state index < -0.39 is 0 Å². The van der Waals surface area contributed by atoms with E-state index in [1.807, 2.05) is 30.2 Å². The van der Waals surface area contributed by atoms with Crippen molar-refractivity contribution in [3.8, 4) is 0 Å². The molecule has 128 valence electrons. The van der Waals surface area contributed by atoms with Crippen LogP contribution < -0.4 is 5.56 Å². The maximum Gasteiger partial charge on any atom is 0.254 e. The van der Waals surface area contributed by atoms with Gasteiger partial charge in [0.1, 0.15) is 0 Å². The van der Waals surface area contributed by atoms with Gasteiger partial charge >= 0.3 is 0 Å². The van der Waals surface area contributed by atoms with Gasteiger partial charge in [0.15, 0.2) is 0 Å². The van der Waals surface area contributed by atoms with Crippen LogP contribution >= 0.6 is 0 Å². The first kappa shape index (κ1) is 15.7. The molecular weight excluding hydrogens is 314 g/mol. The molecule has 1 aromatic carbocycles. The van der Waals surface area contributed by atoms with E-state index in [4.69, 9.17) is 0 Å². The first-order valence-electron chi connectivity index (χ1n) is 8.74. The second kappa shape index (κ2) is 6.24. The minimum atomic E-state index is -0.216. The zero-order valence-electron chi connectivity index (χ0n) is 14.2. The highest BCUT2D eigenvalue weighted by Gasteiger charge is 2.33. The summed E-state index contributed by atoms with van der Waals surface area (Å²) >= 11 is 0. The van der Waals surface area contributed by atoms with Crippen LogP contribution in [0.4, 0.5) is 0 Å². The Balaban J connectivity index is 1.63. The summed E-state index contributed by atoms with van der Waals surface area (Å²) in [6.45, 7) is 2.53. The van der Waals surface area contributed by atoms with Crippen molar-refractivity contribution in [1.29, 1.82) is 0 Å². The fraction of sp³-hybridized carbons (Fsp3) is 0.300. The van der Waals surface area contributed by atoms with Crippen LogP contribution in [0.1, 0.15) is 41.4 Å². The second-order valence-electron chi connectivity index (χ2n) is 6.68. The lowest BCUT2D eigenvalue weighted by Gasteiger charge is -2.23. The summed E-state index contributed by atoms with van der Waals surface area (Å²) in [5.74, 6) is -0.0579. The van der Waals surface area contributed by atoms with Crippen molar-refractivity contribution >= 4 is 16.8 Å². The van der Waals surface area contributed by atoms with E-state index in [-0.39, 0.29) is 17.5 Å². The number of aromatic nitrogens is 2. The predicted octanol–water partition coefficient (Wildman–Crippen LogP) is 3.22. The first-order chi connectivity index (χ1) is 12.1. The van der Waals surface area contributed by atoms with Crippen LogP contribution in [0.2, 0.25) is 0 Å². The van der Waals surface area contributed by atoms with Gasteiger partial charge in [-0.3, -0.25) is 9.59 Å². The molecule has 0 atom stereocenters. The average molecular weight is 335 g/mol. The Hall–Kier alpha value is -2.82. The van der Waals surface area contributed by atoms with E-state index >= 15 is 0 Å². The third-order valence-corrected chi connectivity index (χ3v) is 4.75. The number of H-pyrrole nitrogens is 2. The topological polar surface area (TPSA) is 69.0 Å². The van der Waals surface area contributed by atoms with Crippen LogP contribution in [-0.2, 0) is 13.0 Å². The lowest BCUT2D eigenvalue weighted by molar-refractivity contribution is 0.0729. The molecule has 1 aliphatic carbocycles. The van der Waals surface area contributed by atoms with E-state index in [0.717, 1.165) is 35.0 Å². The Morgan fingerprint density at radius 3 is 2.80 bits per heavy atom. The van der Waals surface area contributed by atoms with Crippen molar-refractivity contribution < 1.29 is 4.79 Å². The van der Waals surface area contributed by atoms with Crippen molar-refractivity contribution in [2.24, 2.45) is 0 Å². The lowest BCUT2D eigenvalue weighted by Crippen LogP contribution is -2.33. The van der Waals surface area contributed by atoms with Gasteiger partial charge in [0.05, 0.1) is 0 Å². The Morgan fingerprint density at radius 1 is 1.20 bits per heavy atom. The fourth-order valence-electron chi connectivity index (χ4n) is 3.23. The molecule has 5 heteroatoms. The highest BCUT2D eigenvalue weighted by atomic mass is 16.2. The average Bonchev–Trinajstić information content (AvgIpc) is 3.35. The molecule has 25 heavy (non-hydrogen) atoms. The molecule has 2 N–H and O–H groups in total. The third-order valence-electron chi connectivity index (χ3n) is 4.75. The quantitative estimate of drug-likeness (QED) is 0.751. The van der Waals surface area contributed by atoms with Crippen LogP contribution in [0.3, 0.4) is 0 Å². The van der Waals surface area contributed by atoms with E-state index in [1.54, 1.807) is 6.07 Å². The summed E-state index contributed by atoms with van der Waals surface area (Å²) in [5, 5.41) is 1.14. The molecular formula is C20H21N3O2. The van der Waals surface area contributed by atoms with E-state index in [2.05, 4.69) is 22.1 Å². The van der Waals surface area contributed by atoms with Gasteiger partial charge in [-0.15, -0.1) is 0 Å². The summed E-state index contributed by atoms with van der Waals surface area (Å²) in [6, 6.07) is 11.7. The molecule has 0 saturated heterocycles. The summed E-state index contributed by atoms with van der Waals surface area (Å²) in [6.07, 6.45) is 4.68. The maximum atomic E-state index is 13.0. The molecule has 0 unspecified atom stereocenters. The second-order valence-corrected chi connectivity index (χ2v) is 6.68. The van der Waals surface area contributed by atoms with Gasteiger partial charge in [-0.2, -0.15) is 0 Å². The number of rotatable bonds is 5. The van der Waals surface area contributed by atoms with Crippen LogP contribution in [0, 0.1) is 0 Å². The van der Waals surface area contributed by atoms with Crippen LogP contribution in [0.25, 0.3) is 10.9 Å². The molecule has 0 spiro atoms. The van der Waals surface area contributed by atoms with Gasteiger partial charge < -0.3 is 14.9 Å². The number of benzene rings is 1. The number of aromatic amines is 2. The fourth-order valence-corrected chi connectivity index (χ4v) is 3.23. The van der Waals surface area contributed by atoms with Gasteiger partial charge in [-0.05, 0) is 54.5 Å². The third kappa shape index (κ3) is 3.22. The Morgan fingerprint density at radius 2 is 2.04 bits per heavy atom. The molecule has 5 nitrogen and oxygen atoms in total. The molecule has 0 radical (unpaired) electrons. The summed E-state index contributed by atoms with van der Waals surface area (Å²) in [5.41, 5.74) is 3.26. The number of nitrogens with one attached hydrogen (secondary N) is 2. The van der Waals surface area contributed by atoms with Crippen molar-refractivity contribution in [2.45, 2.75) is 38.8 Å². The monoisotopic (exact) mass is 335 g/mol. The molecule has 1 aliphatic rings. The molecule has 3 aromatic rings. The van der Waals surface area contributed by atoms with Crippen LogP contribution in [0.15, 0.2) is 47.4 Å². The Bertz CT molecular complexity index is 982. The van der Waals surface area contributed by atoms with E-state index in [1.165, 1.54) is 6.07 Å². The summed E-state index contributed by atoms with van der Waals surface area (Å²) in [4.78, 5) is 32.7. The zero-order chi connectivity index (χ0) is 17.4. The molecule has 0 aliphatic heterocycles. The van der Waals surface area contributed by atoms with E-state index in [9.17, 15) is 9.59 Å². The van der Waals surface area contributed by atoms with Crippen molar-refractivity contribution in [3.05, 3.63) is 69.8 Å². The Labute approximate surface area is 145 Å². The van der Waals surface area contributed by atoms with Crippen molar-refractivity contribution in [2.75, 3.05) is 0 Å². The standard InChI is InChI=1S/C20H21N3O2/c1-2-16-10-15(11-19(24)22-16)20(25)23(17-4-5-17)12-13-3-6-18-14(9-13)7-8-21-18/h3,6-11,17,21H,2,4-5,12H2,1H3,(H,22,24). The number of nitrogens with zero attached hydrogens (tertiary/aromatic N) is 1. The van der Waals surface area contributed by atoms with Gasteiger partial charge in [-0.1, -0.05) is 13.0 Å². The van der Waals surface area contributed by atoms with Crippen LogP contribution in [-0.4, -0.2) is 26.8 Å². The molecule has 1 saturated carbocycles. The van der Waals surface area contributed by atoms with E-state index in [0.29, 0.717) is 18.5 Å². The number of hydrogen-bond acceptors (Lipinski definition) is 2. The first-order valence-corrected chi connectivity index (χ1v) is 8.74. The Kier molecular flexibility index (Phi) is 3.92. The van der Waals surface area contributed by atoms with Gasteiger partial charge in [0.25, 0.3) is 5.91 Å². The molecule has 1 fully saturated rings. The minimum absolute atomic E-state index is 0.0579. The SMILES string of the molecule is CCc1cc(C(=O)N(Cc2ccc3[nH]ccc3c2)C2CC2)cc(=O)[nH]1. The number of amides is 1. The summed E-state index contributed by atoms with van der Waals surface area (Å²) in [7, 11) is 0. The highest BCUT2D eigenvalue weighted by Crippen LogP contribution is 2.30. The summed E-state index contributed by atoms with van der Waals surface area (Å²) < 4.78 is 0. The molecule has 2 aromatic heterocycles. The number of carbonyl (C=O) groups is 1. The van der Waals surface area contributed by atoms with Crippen LogP contribution in [0.5, 0.6) is 0 Å². The maximum absolute atomic E-state index is 13.0. The molecule has 2 heterocycles. The number of carbonyl (C=O) groups excluding carboxylic acids is 1. The molecule has 1 amide bonds. The molecule has 0 bridgehead atoms. The van der Waals surface area contributed by atoms with Gasteiger partial charge in [0, 0.05) is 41.6 Å². The molecule has 4 rings (SSSR count). The minimum Gasteiger partial charge on any atom is -0.361 e.